The maximum absolute atomic E-state index is 11.1. The number of nitrogens with two attached hydrogens (primary N) is 1. The van der Waals surface area contributed by atoms with Crippen molar-refractivity contribution in [2.45, 2.75) is 20.8 Å². The van der Waals surface area contributed by atoms with E-state index in [2.05, 4.69) is 16.9 Å². The molecule has 1 amide bonds. The number of allylic oxidation sites excluding steroid dienone is 2. The minimum atomic E-state index is -0.158. The molecule has 0 aliphatic rings. The normalized spacial score (nSPS) is 12.9. The number of hydrogen-bond acceptors (Lipinski definition) is 2. The summed E-state index contributed by atoms with van der Waals surface area (Å²) in [4.78, 5) is 15.2. The highest BCUT2D eigenvalue weighted by molar-refractivity contribution is 5.92. The predicted molar refractivity (Wildman–Crippen MR) is 68.0 cm³/mol. The van der Waals surface area contributed by atoms with E-state index in [0.29, 0.717) is 18.0 Å². The van der Waals surface area contributed by atoms with Gasteiger partial charge in [0.2, 0.25) is 5.91 Å². The van der Waals surface area contributed by atoms with Crippen molar-refractivity contribution in [1.29, 1.82) is 0 Å². The van der Waals surface area contributed by atoms with Gasteiger partial charge in [0, 0.05) is 17.8 Å². The van der Waals surface area contributed by atoms with Crippen molar-refractivity contribution in [3.63, 3.8) is 0 Å². The van der Waals surface area contributed by atoms with E-state index in [0.717, 1.165) is 5.70 Å². The number of carbonyl (C=O) groups is 1. The number of nitrogens with zero attached hydrogens (tertiary/aromatic N) is 1. The largest absolute Gasteiger partial charge is 0.384 e. The lowest BCUT2D eigenvalue weighted by Gasteiger charge is -2.01. The van der Waals surface area contributed by atoms with Crippen LogP contribution in [0.1, 0.15) is 20.8 Å². The molecule has 16 heavy (non-hydrogen) atoms. The molecule has 0 aromatic rings. The Kier molecular flexibility index (Phi) is 6.59. The molecule has 4 nitrogen and oxygen atoms in total. The minimum Gasteiger partial charge on any atom is -0.384 e. The number of amides is 1. The quantitative estimate of drug-likeness (QED) is 0.420. The Morgan fingerprint density at radius 2 is 2.12 bits per heavy atom. The first-order valence-electron chi connectivity index (χ1n) is 5.04. The zero-order valence-electron chi connectivity index (χ0n) is 10.1. The fourth-order valence-corrected chi connectivity index (χ4v) is 0.900. The number of carbonyl (C=O) groups excluding carboxylic acids is 1. The SMILES string of the molecule is C=C(C)C(=O)NC/C=C(C)/N=C(N)/C=C/C. The van der Waals surface area contributed by atoms with Gasteiger partial charge in [0.15, 0.2) is 0 Å². The smallest absolute Gasteiger partial charge is 0.246 e. The summed E-state index contributed by atoms with van der Waals surface area (Å²) in [5, 5.41) is 2.68. The van der Waals surface area contributed by atoms with Crippen molar-refractivity contribution < 1.29 is 4.79 Å². The van der Waals surface area contributed by atoms with Crippen LogP contribution in [0.25, 0.3) is 0 Å². The molecule has 0 aromatic carbocycles. The van der Waals surface area contributed by atoms with Crippen LogP contribution in [0.4, 0.5) is 0 Å². The average molecular weight is 221 g/mol. The van der Waals surface area contributed by atoms with E-state index in [1.165, 1.54) is 0 Å². The van der Waals surface area contributed by atoms with Crippen LogP contribution in [0, 0.1) is 0 Å². The van der Waals surface area contributed by atoms with Gasteiger partial charge in [-0.1, -0.05) is 12.7 Å². The van der Waals surface area contributed by atoms with Gasteiger partial charge in [-0.2, -0.15) is 0 Å². The van der Waals surface area contributed by atoms with Crippen molar-refractivity contribution in [2.24, 2.45) is 10.7 Å². The first kappa shape index (κ1) is 14.2. The molecule has 0 radical (unpaired) electrons. The molecule has 0 aromatic heterocycles. The number of hydrogen-bond donors (Lipinski definition) is 2. The van der Waals surface area contributed by atoms with Crippen molar-refractivity contribution in [3.05, 3.63) is 36.1 Å². The second-order valence-electron chi connectivity index (χ2n) is 3.37. The Morgan fingerprint density at radius 1 is 1.50 bits per heavy atom. The fourth-order valence-electron chi connectivity index (χ4n) is 0.900. The highest BCUT2D eigenvalue weighted by atomic mass is 16.1. The molecule has 0 unspecified atom stereocenters. The van der Waals surface area contributed by atoms with Crippen LogP contribution in [-0.4, -0.2) is 18.3 Å². The summed E-state index contributed by atoms with van der Waals surface area (Å²) in [6.45, 7) is 9.31. The molecule has 0 atom stereocenters. The van der Waals surface area contributed by atoms with Crippen LogP contribution >= 0.6 is 0 Å². The van der Waals surface area contributed by atoms with Gasteiger partial charge in [-0.05, 0) is 32.9 Å². The number of rotatable bonds is 5. The molecule has 0 rings (SSSR count). The van der Waals surface area contributed by atoms with E-state index in [9.17, 15) is 4.79 Å². The second-order valence-corrected chi connectivity index (χ2v) is 3.37. The second kappa shape index (κ2) is 7.45. The highest BCUT2D eigenvalue weighted by Crippen LogP contribution is 1.94. The molecular weight excluding hydrogens is 202 g/mol. The van der Waals surface area contributed by atoms with Crippen molar-refractivity contribution >= 4 is 11.7 Å². The third kappa shape index (κ3) is 6.59. The van der Waals surface area contributed by atoms with Gasteiger partial charge in [0.25, 0.3) is 0 Å². The molecule has 88 valence electrons. The minimum absolute atomic E-state index is 0.158. The molecular formula is C12H19N3O. The van der Waals surface area contributed by atoms with Crippen molar-refractivity contribution in [1.82, 2.24) is 5.32 Å². The molecule has 0 saturated heterocycles. The van der Waals surface area contributed by atoms with Gasteiger partial charge in [-0.3, -0.25) is 4.79 Å². The Balaban J connectivity index is 4.20. The van der Waals surface area contributed by atoms with E-state index in [1.54, 1.807) is 19.1 Å². The van der Waals surface area contributed by atoms with Gasteiger partial charge in [-0.15, -0.1) is 0 Å². The first-order chi connectivity index (χ1) is 7.47. The summed E-state index contributed by atoms with van der Waals surface area (Å²) in [6.07, 6.45) is 5.32. The van der Waals surface area contributed by atoms with Gasteiger partial charge in [-0.25, -0.2) is 4.99 Å². The maximum Gasteiger partial charge on any atom is 0.246 e. The Hall–Kier alpha value is -1.84. The molecule has 3 N–H and O–H groups in total. The van der Waals surface area contributed by atoms with Crippen LogP contribution in [-0.2, 0) is 4.79 Å². The van der Waals surface area contributed by atoms with Crippen LogP contribution < -0.4 is 11.1 Å². The highest BCUT2D eigenvalue weighted by Gasteiger charge is 1.97. The Labute approximate surface area is 96.6 Å². The van der Waals surface area contributed by atoms with Gasteiger partial charge in [0.1, 0.15) is 5.84 Å². The zero-order valence-corrected chi connectivity index (χ0v) is 10.1. The molecule has 0 saturated carbocycles. The third-order valence-corrected chi connectivity index (χ3v) is 1.69. The number of aliphatic imine (C=N–C) groups is 1. The van der Waals surface area contributed by atoms with Crippen LogP contribution in [0.3, 0.4) is 0 Å². The Bertz CT molecular complexity index is 351. The molecule has 0 aliphatic carbocycles. The monoisotopic (exact) mass is 221 g/mol. The van der Waals surface area contributed by atoms with Crippen LogP contribution in [0.5, 0.6) is 0 Å². The summed E-state index contributed by atoms with van der Waals surface area (Å²) < 4.78 is 0. The molecule has 0 bridgehead atoms. The summed E-state index contributed by atoms with van der Waals surface area (Å²) in [5.41, 5.74) is 6.84. The van der Waals surface area contributed by atoms with Gasteiger partial charge in [0.05, 0.1) is 0 Å². The lowest BCUT2D eigenvalue weighted by molar-refractivity contribution is -0.117. The maximum atomic E-state index is 11.1. The predicted octanol–water partition coefficient (Wildman–Crippen LogP) is 1.52. The van der Waals surface area contributed by atoms with Crippen LogP contribution in [0.15, 0.2) is 41.1 Å². The topological polar surface area (TPSA) is 67.5 Å². The molecule has 0 spiro atoms. The fraction of sp³-hybridized carbons (Fsp3) is 0.333. The number of nitrogens with one attached hydrogen (secondary N) is 1. The molecule has 0 fully saturated rings. The molecule has 0 aliphatic heterocycles. The van der Waals surface area contributed by atoms with Crippen molar-refractivity contribution in [2.75, 3.05) is 6.54 Å². The van der Waals surface area contributed by atoms with E-state index >= 15 is 0 Å². The molecule has 0 heterocycles. The van der Waals surface area contributed by atoms with E-state index in [4.69, 9.17) is 5.73 Å². The average Bonchev–Trinajstić information content (AvgIpc) is 2.17. The summed E-state index contributed by atoms with van der Waals surface area (Å²) in [5.74, 6) is 0.289. The van der Waals surface area contributed by atoms with Gasteiger partial charge >= 0.3 is 0 Å². The summed E-state index contributed by atoms with van der Waals surface area (Å²) >= 11 is 0. The Morgan fingerprint density at radius 3 is 2.62 bits per heavy atom. The lowest BCUT2D eigenvalue weighted by Crippen LogP contribution is -2.23. The first-order valence-corrected chi connectivity index (χ1v) is 5.04. The van der Waals surface area contributed by atoms with Crippen molar-refractivity contribution in [3.8, 4) is 0 Å². The van der Waals surface area contributed by atoms with E-state index < -0.39 is 0 Å². The number of amidine groups is 1. The molecule has 4 heteroatoms. The van der Waals surface area contributed by atoms with E-state index in [-0.39, 0.29) is 5.91 Å². The zero-order chi connectivity index (χ0) is 12.6. The summed E-state index contributed by atoms with van der Waals surface area (Å²) in [6, 6.07) is 0. The van der Waals surface area contributed by atoms with Gasteiger partial charge < -0.3 is 11.1 Å². The third-order valence-electron chi connectivity index (χ3n) is 1.69. The summed E-state index contributed by atoms with van der Waals surface area (Å²) in [7, 11) is 0. The van der Waals surface area contributed by atoms with E-state index in [1.807, 2.05) is 19.9 Å². The lowest BCUT2D eigenvalue weighted by atomic mass is 10.3. The standard InChI is InChI=1S/C12H19N3O/c1-5-6-11(13)15-10(4)7-8-14-12(16)9(2)3/h5-7H,2,8H2,1,3-4H3,(H2,13,15)(H,14,16)/b6-5+,10-7+. The van der Waals surface area contributed by atoms with Crippen LogP contribution in [0.2, 0.25) is 0 Å².